The van der Waals surface area contributed by atoms with Crippen LogP contribution in [0.2, 0.25) is 0 Å². The van der Waals surface area contributed by atoms with Crippen molar-refractivity contribution in [1.82, 2.24) is 0 Å². The van der Waals surface area contributed by atoms with E-state index in [0.717, 1.165) is 0 Å². The Labute approximate surface area is 71.6 Å². The van der Waals surface area contributed by atoms with Gasteiger partial charge in [-0.15, -0.1) is 0 Å². The van der Waals surface area contributed by atoms with Crippen LogP contribution in [0.25, 0.3) is 0 Å². The Hall–Kier alpha value is 0.690. The smallest absolute Gasteiger partial charge is 0.301 e. The summed E-state index contributed by atoms with van der Waals surface area (Å²) in [6.45, 7) is 1.60. The molecular weight excluding hydrogens is 124 g/mol. The SMILES string of the molecule is CCC(=O)OO.[Ca]. The fourth-order valence-corrected chi connectivity index (χ4v) is 0.0645. The molecule has 0 aromatic carbocycles. The van der Waals surface area contributed by atoms with Crippen molar-refractivity contribution in [3.63, 3.8) is 0 Å². The quantitative estimate of drug-likeness (QED) is 0.309. The summed E-state index contributed by atoms with van der Waals surface area (Å²) in [5.41, 5.74) is 0. The van der Waals surface area contributed by atoms with E-state index >= 15 is 0 Å². The van der Waals surface area contributed by atoms with Crippen molar-refractivity contribution in [2.45, 2.75) is 13.3 Å². The van der Waals surface area contributed by atoms with Gasteiger partial charge in [0, 0.05) is 44.2 Å². The first-order valence-corrected chi connectivity index (χ1v) is 1.65. The minimum Gasteiger partial charge on any atom is -0.301 e. The van der Waals surface area contributed by atoms with Gasteiger partial charge in [0.1, 0.15) is 0 Å². The second kappa shape index (κ2) is 6.69. The average molecular weight is 130 g/mol. The zero-order valence-electron chi connectivity index (χ0n) is 4.18. The van der Waals surface area contributed by atoms with E-state index in [4.69, 9.17) is 5.26 Å². The van der Waals surface area contributed by atoms with E-state index in [-0.39, 0.29) is 44.2 Å². The van der Waals surface area contributed by atoms with Gasteiger partial charge >= 0.3 is 5.97 Å². The molecule has 38 valence electrons. The van der Waals surface area contributed by atoms with Crippen molar-refractivity contribution < 1.29 is 14.9 Å². The Balaban J connectivity index is 0. The van der Waals surface area contributed by atoms with Crippen LogP contribution in [0.15, 0.2) is 0 Å². The van der Waals surface area contributed by atoms with E-state index in [0.29, 0.717) is 0 Å². The summed E-state index contributed by atoms with van der Waals surface area (Å²) >= 11 is 0. The molecule has 0 fully saturated rings. The molecule has 3 nitrogen and oxygen atoms in total. The molecule has 0 aromatic rings. The first-order chi connectivity index (χ1) is 2.81. The fourth-order valence-electron chi connectivity index (χ4n) is 0.0645. The summed E-state index contributed by atoms with van der Waals surface area (Å²) in [4.78, 5) is 13.0. The fraction of sp³-hybridized carbons (Fsp3) is 0.667. The van der Waals surface area contributed by atoms with E-state index in [2.05, 4.69) is 4.89 Å². The summed E-state index contributed by atoms with van der Waals surface area (Å²) < 4.78 is 0. The minimum atomic E-state index is -0.602. The summed E-state index contributed by atoms with van der Waals surface area (Å²) in [6.07, 6.45) is 0.219. The van der Waals surface area contributed by atoms with Crippen LogP contribution in [0, 0.1) is 0 Å². The molecule has 0 bridgehead atoms. The molecule has 0 atom stereocenters. The van der Waals surface area contributed by atoms with Gasteiger partial charge in [0.2, 0.25) is 0 Å². The Kier molecular flexibility index (Phi) is 10.2. The van der Waals surface area contributed by atoms with Crippen molar-refractivity contribution in [2.24, 2.45) is 0 Å². The van der Waals surface area contributed by atoms with Crippen LogP contribution in [0.5, 0.6) is 0 Å². The Bertz CT molecular complexity index is 48.1. The van der Waals surface area contributed by atoms with Gasteiger partial charge in [0.15, 0.2) is 0 Å². The molecule has 4 heteroatoms. The van der Waals surface area contributed by atoms with E-state index in [1.54, 1.807) is 6.92 Å². The van der Waals surface area contributed by atoms with E-state index in [1.165, 1.54) is 0 Å². The molecule has 0 aromatic heterocycles. The third-order valence-electron chi connectivity index (χ3n) is 0.390. The molecule has 0 aliphatic carbocycles. The maximum Gasteiger partial charge on any atom is 0.341 e. The van der Waals surface area contributed by atoms with Gasteiger partial charge in [0.05, 0.1) is 0 Å². The third kappa shape index (κ3) is 6.69. The van der Waals surface area contributed by atoms with E-state index < -0.39 is 5.97 Å². The van der Waals surface area contributed by atoms with Crippen molar-refractivity contribution in [2.75, 3.05) is 0 Å². The summed E-state index contributed by atoms with van der Waals surface area (Å²) in [5.74, 6) is -0.602. The van der Waals surface area contributed by atoms with Crippen molar-refractivity contribution in [1.29, 1.82) is 0 Å². The summed E-state index contributed by atoms with van der Waals surface area (Å²) in [6, 6.07) is 0. The van der Waals surface area contributed by atoms with Gasteiger partial charge in [-0.1, -0.05) is 6.92 Å². The Morgan fingerprint density at radius 3 is 2.29 bits per heavy atom. The third-order valence-corrected chi connectivity index (χ3v) is 0.390. The maximum absolute atomic E-state index is 9.71. The van der Waals surface area contributed by atoms with Crippen LogP contribution in [-0.4, -0.2) is 49.0 Å². The van der Waals surface area contributed by atoms with Gasteiger partial charge in [-0.25, -0.2) is 4.79 Å². The van der Waals surface area contributed by atoms with Crippen molar-refractivity contribution in [3.8, 4) is 0 Å². The van der Waals surface area contributed by atoms with Gasteiger partial charge in [-0.05, 0) is 0 Å². The molecule has 0 rings (SSSR count). The van der Waals surface area contributed by atoms with E-state index in [9.17, 15) is 4.79 Å². The summed E-state index contributed by atoms with van der Waals surface area (Å²) in [7, 11) is 0. The number of hydrogen-bond acceptors (Lipinski definition) is 3. The summed E-state index contributed by atoms with van der Waals surface area (Å²) in [5, 5.41) is 7.49. The van der Waals surface area contributed by atoms with Crippen LogP contribution < -0.4 is 0 Å². The van der Waals surface area contributed by atoms with Crippen LogP contribution in [-0.2, 0) is 9.68 Å². The van der Waals surface area contributed by atoms with Crippen LogP contribution in [0.3, 0.4) is 0 Å². The molecule has 1 N–H and O–H groups in total. The zero-order valence-corrected chi connectivity index (χ0v) is 6.39. The molecule has 7 heavy (non-hydrogen) atoms. The van der Waals surface area contributed by atoms with Gasteiger partial charge in [0.25, 0.3) is 0 Å². The monoisotopic (exact) mass is 130 g/mol. The standard InChI is InChI=1S/C3H6O3.Ca/c1-2-3(4)6-5;/h5H,2H2,1H3;. The molecule has 0 spiro atoms. The van der Waals surface area contributed by atoms with Crippen LogP contribution in [0.1, 0.15) is 13.3 Å². The van der Waals surface area contributed by atoms with Gasteiger partial charge in [-0.3, -0.25) is 0 Å². The first-order valence-electron chi connectivity index (χ1n) is 1.65. The molecule has 0 amide bonds. The largest absolute Gasteiger partial charge is 0.341 e. The normalized spacial score (nSPS) is 6.57. The molecule has 0 heterocycles. The predicted octanol–water partition coefficient (Wildman–Crippen LogP) is 0.0318. The minimum absolute atomic E-state index is 0. The number of rotatable bonds is 1. The average Bonchev–Trinajstić information content (AvgIpc) is 1.65. The number of carbonyl (C=O) groups excluding carboxylic acids is 1. The molecular formula is C3H6CaO3. The van der Waals surface area contributed by atoms with E-state index in [1.807, 2.05) is 0 Å². The van der Waals surface area contributed by atoms with Gasteiger partial charge < -0.3 is 4.89 Å². The zero-order chi connectivity index (χ0) is 4.99. The molecule has 0 unspecified atom stereocenters. The predicted molar refractivity (Wildman–Crippen MR) is 24.8 cm³/mol. The van der Waals surface area contributed by atoms with Gasteiger partial charge in [-0.2, -0.15) is 5.26 Å². The molecule has 0 saturated heterocycles. The topological polar surface area (TPSA) is 46.5 Å². The second-order valence-corrected chi connectivity index (χ2v) is 0.817. The van der Waals surface area contributed by atoms with Crippen molar-refractivity contribution in [3.05, 3.63) is 0 Å². The molecule has 2 radical (unpaired) electrons. The molecule has 0 saturated carbocycles. The van der Waals surface area contributed by atoms with Crippen LogP contribution >= 0.6 is 0 Å². The first kappa shape index (κ1) is 10.6. The second-order valence-electron chi connectivity index (χ2n) is 0.817. The number of carbonyl (C=O) groups is 1. The molecule has 0 aliphatic rings. The van der Waals surface area contributed by atoms with Crippen LogP contribution in [0.4, 0.5) is 0 Å². The Morgan fingerprint density at radius 2 is 2.29 bits per heavy atom. The maximum atomic E-state index is 9.71. The van der Waals surface area contributed by atoms with Crippen molar-refractivity contribution >= 4 is 43.7 Å². The Morgan fingerprint density at radius 1 is 1.86 bits per heavy atom. The number of hydrogen-bond donors (Lipinski definition) is 1. The molecule has 0 aliphatic heterocycles.